The number of aryl methyl sites for hydroxylation is 1. The van der Waals surface area contributed by atoms with Gasteiger partial charge in [-0.05, 0) is 12.5 Å². The van der Waals surface area contributed by atoms with Crippen molar-refractivity contribution >= 4 is 23.2 Å². The molecule has 1 atom stereocenters. The van der Waals surface area contributed by atoms with E-state index >= 15 is 0 Å². The third-order valence-electron chi connectivity index (χ3n) is 3.64. The first-order valence-corrected chi connectivity index (χ1v) is 7.95. The number of halogens is 2. The molecule has 0 saturated heterocycles. The molecule has 0 radical (unpaired) electrons. The topological polar surface area (TPSA) is 116 Å². The second-order valence-corrected chi connectivity index (χ2v) is 5.82. The fraction of sp³-hybridized carbons (Fsp3) is 0.375. The molecule has 2 aromatic rings. The van der Waals surface area contributed by atoms with Gasteiger partial charge in [0.1, 0.15) is 11.9 Å². The van der Waals surface area contributed by atoms with Gasteiger partial charge >= 0.3 is 0 Å². The highest BCUT2D eigenvalue weighted by atomic mass is 19.1. The van der Waals surface area contributed by atoms with Crippen molar-refractivity contribution < 1.29 is 23.2 Å². The molecule has 144 valence electrons. The van der Waals surface area contributed by atoms with Crippen LogP contribution in [0.1, 0.15) is 30.8 Å². The van der Waals surface area contributed by atoms with Gasteiger partial charge in [0.05, 0.1) is 18.4 Å². The molecule has 0 bridgehead atoms. The molecule has 0 aliphatic carbocycles. The van der Waals surface area contributed by atoms with Crippen LogP contribution in [0.25, 0.3) is 0 Å². The Hall–Kier alpha value is -3.24. The van der Waals surface area contributed by atoms with Crippen LogP contribution in [-0.2, 0) is 22.7 Å². The zero-order valence-corrected chi connectivity index (χ0v) is 14.6. The van der Waals surface area contributed by atoms with Gasteiger partial charge in [0.25, 0.3) is 11.5 Å². The van der Waals surface area contributed by atoms with E-state index in [4.69, 9.17) is 0 Å². The van der Waals surface area contributed by atoms with Gasteiger partial charge in [-0.1, -0.05) is 5.21 Å². The standard InChI is InChI=1S/C16H17F2N5O4/c1-9(24)13-8-23(21-20-13)7-11(17)3-5-22-6-4-12(14(18)16(22)27)19-15(26)10(2)25/h4,6,8,11H,3,5,7H2,1-2H3,(H,19,26). The number of Topliss-reactive ketones (excluding diaryl/α,β-unsaturated/α-hetero) is 2. The minimum absolute atomic E-state index is 0.115. The van der Waals surface area contributed by atoms with Crippen LogP contribution in [0.15, 0.2) is 23.3 Å². The highest BCUT2D eigenvalue weighted by Crippen LogP contribution is 2.10. The summed E-state index contributed by atoms with van der Waals surface area (Å²) in [7, 11) is 0. The number of nitrogens with zero attached hydrogens (tertiary/aromatic N) is 4. The van der Waals surface area contributed by atoms with Crippen LogP contribution in [0.3, 0.4) is 0 Å². The third-order valence-corrected chi connectivity index (χ3v) is 3.64. The van der Waals surface area contributed by atoms with E-state index in [-0.39, 0.29) is 31.0 Å². The molecule has 0 fully saturated rings. The van der Waals surface area contributed by atoms with Gasteiger partial charge in [-0.15, -0.1) is 5.10 Å². The van der Waals surface area contributed by atoms with Crippen molar-refractivity contribution in [2.75, 3.05) is 5.32 Å². The summed E-state index contributed by atoms with van der Waals surface area (Å²) in [5.41, 5.74) is -1.36. The maximum absolute atomic E-state index is 14.1. The van der Waals surface area contributed by atoms with Crippen LogP contribution in [0, 0.1) is 5.82 Å². The van der Waals surface area contributed by atoms with Crippen LogP contribution < -0.4 is 10.9 Å². The number of carbonyl (C=O) groups excluding carboxylic acids is 3. The summed E-state index contributed by atoms with van der Waals surface area (Å²) in [5.74, 6) is -3.42. The number of hydrogen-bond donors (Lipinski definition) is 1. The number of ketones is 2. The summed E-state index contributed by atoms with van der Waals surface area (Å²) < 4.78 is 30.2. The molecule has 1 unspecified atom stereocenters. The zero-order chi connectivity index (χ0) is 20.1. The van der Waals surface area contributed by atoms with Gasteiger partial charge in [0.15, 0.2) is 5.78 Å². The van der Waals surface area contributed by atoms with Crippen molar-refractivity contribution in [3.05, 3.63) is 40.3 Å². The number of hydrogen-bond acceptors (Lipinski definition) is 6. The highest BCUT2D eigenvalue weighted by molar-refractivity contribution is 6.39. The molecular formula is C16H17F2N5O4. The summed E-state index contributed by atoms with van der Waals surface area (Å²) in [5, 5.41) is 9.21. The first kappa shape index (κ1) is 20.1. The molecule has 2 aromatic heterocycles. The van der Waals surface area contributed by atoms with Gasteiger partial charge in [0.2, 0.25) is 11.6 Å². The van der Waals surface area contributed by atoms with Crippen LogP contribution in [0.5, 0.6) is 0 Å². The smallest absolute Gasteiger partial charge is 0.291 e. The Balaban J connectivity index is 1.99. The number of pyridine rings is 1. The Morgan fingerprint density at radius 1 is 1.30 bits per heavy atom. The summed E-state index contributed by atoms with van der Waals surface area (Å²) in [6.07, 6.45) is 0.969. The lowest BCUT2D eigenvalue weighted by Gasteiger charge is -2.11. The van der Waals surface area contributed by atoms with Crippen molar-refractivity contribution in [2.24, 2.45) is 0 Å². The maximum Gasteiger partial charge on any atom is 0.291 e. The number of rotatable bonds is 8. The Morgan fingerprint density at radius 3 is 2.59 bits per heavy atom. The van der Waals surface area contributed by atoms with E-state index in [1.54, 1.807) is 0 Å². The molecule has 11 heteroatoms. The molecular weight excluding hydrogens is 364 g/mol. The molecule has 0 aliphatic rings. The maximum atomic E-state index is 14.1. The van der Waals surface area contributed by atoms with E-state index in [0.717, 1.165) is 17.6 Å². The van der Waals surface area contributed by atoms with Gasteiger partial charge in [-0.25, -0.2) is 9.07 Å². The van der Waals surface area contributed by atoms with E-state index in [2.05, 4.69) is 10.3 Å². The Labute approximate surface area is 152 Å². The van der Waals surface area contributed by atoms with Crippen molar-refractivity contribution in [1.29, 1.82) is 0 Å². The SMILES string of the molecule is CC(=O)C(=O)Nc1ccn(CCC(F)Cn2cc(C(C)=O)nn2)c(=O)c1F. The average Bonchev–Trinajstić information content (AvgIpc) is 3.06. The Bertz CT molecular complexity index is 937. The lowest BCUT2D eigenvalue weighted by molar-refractivity contribution is -0.133. The average molecular weight is 381 g/mol. The number of anilines is 1. The van der Waals surface area contributed by atoms with E-state index < -0.39 is 34.9 Å². The molecule has 0 saturated carbocycles. The van der Waals surface area contributed by atoms with E-state index in [1.807, 2.05) is 5.32 Å². The van der Waals surface area contributed by atoms with Crippen molar-refractivity contribution in [2.45, 2.75) is 39.5 Å². The second-order valence-electron chi connectivity index (χ2n) is 5.82. The number of carbonyl (C=O) groups is 3. The van der Waals surface area contributed by atoms with Crippen LogP contribution >= 0.6 is 0 Å². The fourth-order valence-electron chi connectivity index (χ4n) is 2.15. The van der Waals surface area contributed by atoms with Crippen LogP contribution in [-0.4, -0.2) is 43.2 Å². The molecule has 0 aliphatic heterocycles. The summed E-state index contributed by atoms with van der Waals surface area (Å²) >= 11 is 0. The number of aromatic nitrogens is 4. The fourth-order valence-corrected chi connectivity index (χ4v) is 2.15. The molecule has 27 heavy (non-hydrogen) atoms. The van der Waals surface area contributed by atoms with E-state index in [1.165, 1.54) is 24.0 Å². The van der Waals surface area contributed by atoms with Crippen LogP contribution in [0.2, 0.25) is 0 Å². The number of amides is 1. The third kappa shape index (κ3) is 5.12. The van der Waals surface area contributed by atoms with Crippen molar-refractivity contribution in [3.8, 4) is 0 Å². The van der Waals surface area contributed by atoms with E-state index in [9.17, 15) is 28.0 Å². The minimum atomic E-state index is -1.42. The predicted molar refractivity (Wildman–Crippen MR) is 89.5 cm³/mol. The van der Waals surface area contributed by atoms with Gasteiger partial charge in [-0.2, -0.15) is 4.39 Å². The monoisotopic (exact) mass is 381 g/mol. The first-order valence-electron chi connectivity index (χ1n) is 7.95. The molecule has 1 N–H and O–H groups in total. The summed E-state index contributed by atoms with van der Waals surface area (Å²) in [6, 6.07) is 1.11. The lowest BCUT2D eigenvalue weighted by atomic mass is 10.2. The first-order chi connectivity index (χ1) is 12.7. The van der Waals surface area contributed by atoms with Crippen molar-refractivity contribution in [1.82, 2.24) is 19.6 Å². The van der Waals surface area contributed by atoms with Gasteiger partial charge in [0, 0.05) is 26.6 Å². The molecule has 0 spiro atoms. The number of alkyl halides is 1. The zero-order valence-electron chi connectivity index (χ0n) is 14.6. The predicted octanol–water partition coefficient (Wildman–Crippen LogP) is 0.737. The highest BCUT2D eigenvalue weighted by Gasteiger charge is 2.16. The molecule has 0 aromatic carbocycles. The second kappa shape index (κ2) is 8.43. The summed E-state index contributed by atoms with van der Waals surface area (Å²) in [6.45, 7) is 2.02. The van der Waals surface area contributed by atoms with Gasteiger partial charge in [-0.3, -0.25) is 19.2 Å². The quantitative estimate of drug-likeness (QED) is 0.533. The van der Waals surface area contributed by atoms with E-state index in [0.29, 0.717) is 0 Å². The Morgan fingerprint density at radius 2 is 2.00 bits per heavy atom. The van der Waals surface area contributed by atoms with Crippen molar-refractivity contribution in [3.63, 3.8) is 0 Å². The minimum Gasteiger partial charge on any atom is -0.317 e. The lowest BCUT2D eigenvalue weighted by Crippen LogP contribution is -2.28. The largest absolute Gasteiger partial charge is 0.317 e. The normalized spacial score (nSPS) is 11.9. The molecule has 2 rings (SSSR count). The van der Waals surface area contributed by atoms with Gasteiger partial charge < -0.3 is 9.88 Å². The Kier molecular flexibility index (Phi) is 6.27. The van der Waals surface area contributed by atoms with Crippen LogP contribution in [0.4, 0.5) is 14.5 Å². The number of nitrogens with one attached hydrogen (secondary N) is 1. The molecule has 9 nitrogen and oxygen atoms in total. The summed E-state index contributed by atoms with van der Waals surface area (Å²) in [4.78, 5) is 45.2. The molecule has 1 amide bonds. The molecule has 2 heterocycles.